The van der Waals surface area contributed by atoms with Gasteiger partial charge in [0.2, 0.25) is 29.1 Å². The highest BCUT2D eigenvalue weighted by molar-refractivity contribution is 5.23. The molecule has 9 heteroatoms. The second-order valence-corrected chi connectivity index (χ2v) is 5.23. The van der Waals surface area contributed by atoms with Gasteiger partial charge in [-0.3, -0.25) is 0 Å². The smallest absolute Gasteiger partial charge is 0.323 e. The molecule has 2 heterocycles. The number of rotatable bonds is 5. The van der Waals surface area contributed by atoms with Gasteiger partial charge in [-0.05, 0) is 19.3 Å². The maximum absolute atomic E-state index is 15.3. The molecular formula is C14H17FN4O4. The van der Waals surface area contributed by atoms with Gasteiger partial charge < -0.3 is 18.7 Å². The van der Waals surface area contributed by atoms with Gasteiger partial charge in [0.1, 0.15) is 6.10 Å². The van der Waals surface area contributed by atoms with E-state index in [4.69, 9.17) is 18.7 Å². The van der Waals surface area contributed by atoms with Crippen LogP contribution in [0, 0.1) is 6.92 Å². The predicted molar refractivity (Wildman–Crippen MR) is 75.2 cm³/mol. The lowest BCUT2D eigenvalue weighted by atomic mass is 10.0. The number of ether oxygens (including phenoxy) is 3. The molecule has 3 rings (SSSR count). The maximum Gasteiger partial charge on any atom is 0.323 e. The first kappa shape index (κ1) is 15.4. The van der Waals surface area contributed by atoms with Crippen molar-refractivity contribution in [2.24, 2.45) is 0 Å². The Morgan fingerprint density at radius 2 is 1.91 bits per heavy atom. The van der Waals surface area contributed by atoms with Gasteiger partial charge in [-0.2, -0.15) is 15.0 Å². The number of halogens is 1. The molecule has 1 saturated carbocycles. The van der Waals surface area contributed by atoms with Crippen molar-refractivity contribution < 1.29 is 23.1 Å². The number of methoxy groups -OCH3 is 2. The first-order valence-electron chi connectivity index (χ1n) is 7.18. The number of aromatic nitrogens is 4. The van der Waals surface area contributed by atoms with E-state index in [1.165, 1.54) is 20.3 Å². The highest BCUT2D eigenvalue weighted by Gasteiger charge is 2.51. The van der Waals surface area contributed by atoms with E-state index in [9.17, 15) is 0 Å². The first-order chi connectivity index (χ1) is 11.0. The normalized spacial score (nSPS) is 23.7. The van der Waals surface area contributed by atoms with Crippen LogP contribution in [0.4, 0.5) is 4.39 Å². The fourth-order valence-electron chi connectivity index (χ4n) is 2.58. The summed E-state index contributed by atoms with van der Waals surface area (Å²) in [5.74, 6) is 0.837. The van der Waals surface area contributed by atoms with Gasteiger partial charge in [0, 0.05) is 6.92 Å². The van der Waals surface area contributed by atoms with Crippen molar-refractivity contribution in [2.45, 2.75) is 38.0 Å². The Morgan fingerprint density at radius 3 is 2.48 bits per heavy atom. The van der Waals surface area contributed by atoms with Crippen LogP contribution in [0.3, 0.4) is 0 Å². The zero-order valence-corrected chi connectivity index (χ0v) is 13.1. The Kier molecular flexibility index (Phi) is 4.01. The lowest BCUT2D eigenvalue weighted by Crippen LogP contribution is -2.36. The van der Waals surface area contributed by atoms with Crippen LogP contribution in [0.5, 0.6) is 17.8 Å². The van der Waals surface area contributed by atoms with E-state index < -0.39 is 11.8 Å². The summed E-state index contributed by atoms with van der Waals surface area (Å²) in [6, 6.07) is 1.49. The molecule has 1 fully saturated rings. The van der Waals surface area contributed by atoms with E-state index in [0.29, 0.717) is 18.7 Å². The van der Waals surface area contributed by atoms with Crippen LogP contribution in [0.2, 0.25) is 0 Å². The van der Waals surface area contributed by atoms with Crippen LogP contribution in [0.25, 0.3) is 0 Å². The Labute approximate surface area is 132 Å². The summed E-state index contributed by atoms with van der Waals surface area (Å²) in [4.78, 5) is 12.1. The molecule has 2 unspecified atom stereocenters. The van der Waals surface area contributed by atoms with Gasteiger partial charge in [0.15, 0.2) is 0 Å². The van der Waals surface area contributed by atoms with Crippen molar-refractivity contribution in [3.8, 4) is 17.8 Å². The lowest BCUT2D eigenvalue weighted by molar-refractivity contribution is 0.0158. The molecule has 1 aliphatic rings. The fraction of sp³-hybridized carbons (Fsp3) is 0.571. The van der Waals surface area contributed by atoms with Gasteiger partial charge in [-0.1, -0.05) is 5.16 Å². The van der Waals surface area contributed by atoms with Crippen LogP contribution in [-0.4, -0.2) is 40.4 Å². The minimum Gasteiger partial charge on any atom is -0.481 e. The van der Waals surface area contributed by atoms with Crippen LogP contribution in [0.1, 0.15) is 31.0 Å². The fourth-order valence-corrected chi connectivity index (χ4v) is 2.58. The highest BCUT2D eigenvalue weighted by atomic mass is 19.1. The molecule has 0 N–H and O–H groups in total. The largest absolute Gasteiger partial charge is 0.481 e. The summed E-state index contributed by atoms with van der Waals surface area (Å²) < 4.78 is 36.0. The third-order valence-electron chi connectivity index (χ3n) is 3.74. The number of hydrogen-bond acceptors (Lipinski definition) is 8. The van der Waals surface area contributed by atoms with Gasteiger partial charge in [0.05, 0.1) is 20.3 Å². The van der Waals surface area contributed by atoms with Crippen molar-refractivity contribution in [3.63, 3.8) is 0 Å². The quantitative estimate of drug-likeness (QED) is 0.824. The zero-order chi connectivity index (χ0) is 16.4. The molecule has 0 aromatic carbocycles. The van der Waals surface area contributed by atoms with E-state index in [1.807, 2.05) is 0 Å². The van der Waals surface area contributed by atoms with Crippen molar-refractivity contribution in [3.05, 3.63) is 17.8 Å². The van der Waals surface area contributed by atoms with Gasteiger partial charge in [-0.25, -0.2) is 4.39 Å². The molecule has 2 aromatic rings. The Hall–Kier alpha value is -2.45. The standard InChI is InChI=1S/C14H17FN4O4/c1-8-16-12(19-23-8)14(15)6-4-5-9(14)22-13-17-10(20-2)7-11(18-13)21-3/h7,9H,4-6H2,1-3H3. The maximum atomic E-state index is 15.3. The van der Waals surface area contributed by atoms with Crippen molar-refractivity contribution in [1.29, 1.82) is 0 Å². The molecule has 2 atom stereocenters. The third kappa shape index (κ3) is 2.90. The predicted octanol–water partition coefficient (Wildman–Crippen LogP) is 1.98. The van der Waals surface area contributed by atoms with Crippen LogP contribution in [-0.2, 0) is 5.67 Å². The lowest BCUT2D eigenvalue weighted by Gasteiger charge is -2.24. The molecule has 0 amide bonds. The molecule has 8 nitrogen and oxygen atoms in total. The zero-order valence-electron chi connectivity index (χ0n) is 13.1. The average molecular weight is 324 g/mol. The van der Waals surface area contributed by atoms with Crippen molar-refractivity contribution in [1.82, 2.24) is 20.1 Å². The molecule has 0 spiro atoms. The Morgan fingerprint density at radius 1 is 1.22 bits per heavy atom. The first-order valence-corrected chi connectivity index (χ1v) is 7.18. The summed E-state index contributed by atoms with van der Waals surface area (Å²) in [6.45, 7) is 1.61. The minimum atomic E-state index is -1.84. The van der Waals surface area contributed by atoms with Gasteiger partial charge in [0.25, 0.3) is 0 Å². The monoisotopic (exact) mass is 324 g/mol. The molecule has 124 valence electrons. The molecule has 2 aromatic heterocycles. The number of alkyl halides is 1. The SMILES string of the molecule is COc1cc(OC)nc(OC2CCCC2(F)c2noc(C)n2)n1. The molecule has 23 heavy (non-hydrogen) atoms. The van der Waals surface area contributed by atoms with Crippen molar-refractivity contribution in [2.75, 3.05) is 14.2 Å². The second-order valence-electron chi connectivity index (χ2n) is 5.23. The molecule has 0 radical (unpaired) electrons. The van der Waals surface area contributed by atoms with Gasteiger partial charge in [-0.15, -0.1) is 0 Å². The van der Waals surface area contributed by atoms with Crippen molar-refractivity contribution >= 4 is 0 Å². The average Bonchev–Trinajstić information content (AvgIpc) is 3.14. The minimum absolute atomic E-state index is 0.00707. The van der Waals surface area contributed by atoms with Crippen LogP contribution < -0.4 is 14.2 Å². The summed E-state index contributed by atoms with van der Waals surface area (Å²) in [5.41, 5.74) is -1.84. The second kappa shape index (κ2) is 5.98. The molecule has 0 saturated heterocycles. The summed E-state index contributed by atoms with van der Waals surface area (Å²) in [6.07, 6.45) is 0.567. The third-order valence-corrected chi connectivity index (χ3v) is 3.74. The van der Waals surface area contributed by atoms with Crippen LogP contribution >= 0.6 is 0 Å². The van der Waals surface area contributed by atoms with E-state index in [0.717, 1.165) is 0 Å². The molecule has 0 aliphatic heterocycles. The Bertz CT molecular complexity index is 673. The number of aryl methyl sites for hydroxylation is 1. The van der Waals surface area contributed by atoms with E-state index in [2.05, 4.69) is 20.1 Å². The van der Waals surface area contributed by atoms with Gasteiger partial charge >= 0.3 is 6.01 Å². The topological polar surface area (TPSA) is 92.4 Å². The summed E-state index contributed by atoms with van der Waals surface area (Å²) in [5, 5.41) is 3.70. The molecule has 0 bridgehead atoms. The number of hydrogen-bond donors (Lipinski definition) is 0. The number of nitrogens with zero attached hydrogens (tertiary/aromatic N) is 4. The summed E-state index contributed by atoms with van der Waals surface area (Å²) in [7, 11) is 2.92. The van der Waals surface area contributed by atoms with E-state index >= 15 is 4.39 Å². The highest BCUT2D eigenvalue weighted by Crippen LogP contribution is 2.43. The van der Waals surface area contributed by atoms with Crippen LogP contribution in [0.15, 0.2) is 10.6 Å². The Balaban J connectivity index is 1.87. The van der Waals surface area contributed by atoms with E-state index in [-0.39, 0.29) is 30.0 Å². The summed E-state index contributed by atoms with van der Waals surface area (Å²) >= 11 is 0. The molecule has 1 aliphatic carbocycles. The van der Waals surface area contributed by atoms with E-state index in [1.54, 1.807) is 6.92 Å². The molecular weight excluding hydrogens is 307 g/mol.